The van der Waals surface area contributed by atoms with E-state index in [0.717, 1.165) is 0 Å². The number of hydrogen-bond acceptors (Lipinski definition) is 13. The number of amides is 3. The van der Waals surface area contributed by atoms with E-state index in [4.69, 9.17) is 9.15 Å². The molecule has 9 rings (SSSR count). The Balaban J connectivity index is 0.742. The van der Waals surface area contributed by atoms with Crippen molar-refractivity contribution >= 4 is 56.0 Å². The molecule has 1 spiro atoms. The number of oxazole rings is 1. The summed E-state index contributed by atoms with van der Waals surface area (Å²) in [6.07, 6.45) is 1.09. The quantitative estimate of drug-likeness (QED) is 0.191. The van der Waals surface area contributed by atoms with Crippen LogP contribution in [-0.2, 0) is 42.2 Å². The Kier molecular flexibility index (Phi) is 9.99. The topological polar surface area (TPSA) is 204 Å². The van der Waals surface area contributed by atoms with Crippen molar-refractivity contribution in [2.24, 2.45) is 12.5 Å². The monoisotopic (exact) mass is 863 g/mol. The van der Waals surface area contributed by atoms with E-state index < -0.39 is 44.5 Å². The zero-order valence-electron chi connectivity index (χ0n) is 32.7. The first-order valence-corrected chi connectivity index (χ1v) is 21.3. The van der Waals surface area contributed by atoms with Gasteiger partial charge in [0.05, 0.1) is 39.3 Å². The van der Waals surface area contributed by atoms with Gasteiger partial charge in [-0.2, -0.15) is 18.3 Å². The van der Waals surface area contributed by atoms with Crippen LogP contribution in [0, 0.1) is 5.41 Å². The SMILES string of the molecule is Cn1cc(-c2nc(Nc3ccc(S(=O)(=O)C4CC5(CCN(C(=O)COC6CN(c7cccc8c7oc(=O)n8C7CCC(=O)NC7=O)C6)CC5)C4)cc3)ncc2C(F)(F)F)cn1. The fraction of sp³-hybridized carbons (Fsp3) is 0.425. The number of alkyl halides is 3. The number of likely N-dealkylation sites (tertiary alicyclic amines) is 1. The predicted octanol–water partition coefficient (Wildman–Crippen LogP) is 3.98. The fourth-order valence-corrected chi connectivity index (χ4v) is 10.8. The highest BCUT2D eigenvalue weighted by Gasteiger charge is 2.51. The second kappa shape index (κ2) is 15.1. The average Bonchev–Trinajstić information content (AvgIpc) is 3.78. The van der Waals surface area contributed by atoms with Gasteiger partial charge in [0.25, 0.3) is 0 Å². The number of para-hydroxylation sites is 1. The third kappa shape index (κ3) is 7.64. The van der Waals surface area contributed by atoms with Crippen molar-refractivity contribution in [2.45, 2.75) is 67.0 Å². The third-order valence-corrected chi connectivity index (χ3v) is 14.4. The van der Waals surface area contributed by atoms with Crippen molar-refractivity contribution < 1.29 is 45.1 Å². The van der Waals surface area contributed by atoms with Gasteiger partial charge >= 0.3 is 11.9 Å². The Morgan fingerprint density at radius 1 is 1.05 bits per heavy atom. The number of nitrogens with zero attached hydrogens (tertiary/aromatic N) is 7. The number of piperidine rings is 2. The second-order valence-electron chi connectivity index (χ2n) is 16.1. The highest BCUT2D eigenvalue weighted by atomic mass is 32.2. The van der Waals surface area contributed by atoms with Crippen LogP contribution in [0.25, 0.3) is 22.4 Å². The number of carbonyl (C=O) groups is 3. The van der Waals surface area contributed by atoms with Crippen LogP contribution in [0.5, 0.6) is 0 Å². The molecule has 4 aliphatic rings. The van der Waals surface area contributed by atoms with Crippen LogP contribution in [0.2, 0.25) is 0 Å². The second-order valence-corrected chi connectivity index (χ2v) is 18.4. The van der Waals surface area contributed by atoms with Gasteiger partial charge in [-0.3, -0.25) is 28.9 Å². The summed E-state index contributed by atoms with van der Waals surface area (Å²) in [6, 6.07) is 10.4. The Morgan fingerprint density at radius 3 is 2.46 bits per heavy atom. The largest absolute Gasteiger partial charge is 0.420 e. The van der Waals surface area contributed by atoms with Gasteiger partial charge in [0.2, 0.25) is 23.7 Å². The molecule has 1 aliphatic carbocycles. The van der Waals surface area contributed by atoms with Gasteiger partial charge in [0, 0.05) is 63.3 Å². The lowest BCUT2D eigenvalue weighted by Gasteiger charge is -2.51. The molecule has 1 unspecified atom stereocenters. The molecule has 21 heteroatoms. The number of hydrogen-bond donors (Lipinski definition) is 2. The van der Waals surface area contributed by atoms with Gasteiger partial charge in [-0.05, 0) is 73.9 Å². The molecule has 1 atom stereocenters. The molecule has 3 aliphatic heterocycles. The number of carbonyl (C=O) groups excluding carboxylic acids is 3. The maximum absolute atomic E-state index is 13.7. The first-order chi connectivity index (χ1) is 29.1. The molecule has 2 aromatic carbocycles. The minimum absolute atomic E-state index is 0.0988. The minimum atomic E-state index is -4.69. The van der Waals surface area contributed by atoms with Gasteiger partial charge in [-0.15, -0.1) is 0 Å². The van der Waals surface area contributed by atoms with Gasteiger partial charge in [-0.1, -0.05) is 6.07 Å². The normalized spacial score (nSPS) is 19.8. The lowest BCUT2D eigenvalue weighted by Crippen LogP contribution is -2.55. The lowest BCUT2D eigenvalue weighted by molar-refractivity contribution is -0.142. The molecule has 320 valence electrons. The van der Waals surface area contributed by atoms with E-state index in [1.807, 2.05) is 4.90 Å². The number of benzene rings is 2. The van der Waals surface area contributed by atoms with Crippen LogP contribution in [-0.4, -0.2) is 99.5 Å². The van der Waals surface area contributed by atoms with Crippen molar-refractivity contribution in [2.75, 3.05) is 43.0 Å². The van der Waals surface area contributed by atoms with E-state index >= 15 is 0 Å². The molecule has 2 N–H and O–H groups in total. The molecule has 61 heavy (non-hydrogen) atoms. The Morgan fingerprint density at radius 2 is 1.79 bits per heavy atom. The Bertz CT molecular complexity index is 2710. The maximum atomic E-state index is 13.7. The molecule has 0 radical (unpaired) electrons. The van der Waals surface area contributed by atoms with Crippen LogP contribution in [0.3, 0.4) is 0 Å². The highest BCUT2D eigenvalue weighted by Crippen LogP contribution is 2.53. The number of ether oxygens (including phenoxy) is 1. The van der Waals surface area contributed by atoms with Gasteiger partial charge < -0.3 is 24.3 Å². The summed E-state index contributed by atoms with van der Waals surface area (Å²) in [5.41, 5.74) is 0.470. The molecule has 17 nitrogen and oxygen atoms in total. The molecule has 3 saturated heterocycles. The van der Waals surface area contributed by atoms with Crippen LogP contribution in [0.4, 0.5) is 30.5 Å². The smallest absolute Gasteiger partial charge is 0.405 e. The van der Waals surface area contributed by atoms with E-state index in [-0.39, 0.29) is 64.9 Å². The molecule has 0 bridgehead atoms. The van der Waals surface area contributed by atoms with Gasteiger partial charge in [0.15, 0.2) is 15.4 Å². The van der Waals surface area contributed by atoms with E-state index in [0.29, 0.717) is 80.5 Å². The molecule has 4 fully saturated rings. The predicted molar refractivity (Wildman–Crippen MR) is 211 cm³/mol. The van der Waals surface area contributed by atoms with E-state index in [1.54, 1.807) is 30.1 Å². The van der Waals surface area contributed by atoms with Crippen molar-refractivity contribution in [3.05, 3.63) is 77.2 Å². The van der Waals surface area contributed by atoms with Crippen LogP contribution >= 0.6 is 0 Å². The van der Waals surface area contributed by atoms with Crippen LogP contribution in [0.15, 0.2) is 75.2 Å². The van der Waals surface area contributed by atoms with Crippen molar-refractivity contribution in [1.82, 2.24) is 34.5 Å². The number of fused-ring (bicyclic) bond motifs is 1. The summed E-state index contributed by atoms with van der Waals surface area (Å²) in [7, 11) is -2.09. The summed E-state index contributed by atoms with van der Waals surface area (Å²) < 4.78 is 82.5. The highest BCUT2D eigenvalue weighted by molar-refractivity contribution is 7.92. The summed E-state index contributed by atoms with van der Waals surface area (Å²) in [5, 5.41) is 8.50. The van der Waals surface area contributed by atoms with Gasteiger partial charge in [0.1, 0.15) is 18.2 Å². The third-order valence-electron chi connectivity index (χ3n) is 12.2. The number of rotatable bonds is 10. The average molecular weight is 864 g/mol. The first-order valence-electron chi connectivity index (χ1n) is 19.7. The number of halogens is 3. The lowest BCUT2D eigenvalue weighted by atomic mass is 9.63. The molecular weight excluding hydrogens is 824 g/mol. The summed E-state index contributed by atoms with van der Waals surface area (Å²) in [6.45, 7) is 1.80. The van der Waals surface area contributed by atoms with Crippen LogP contribution < -0.4 is 21.3 Å². The molecule has 1 saturated carbocycles. The summed E-state index contributed by atoms with van der Waals surface area (Å²) in [5.74, 6) is -1.86. The van der Waals surface area contributed by atoms with E-state index in [1.165, 1.54) is 45.9 Å². The maximum Gasteiger partial charge on any atom is 0.420 e. The number of aryl methyl sites for hydroxylation is 1. The zero-order chi connectivity index (χ0) is 42.8. The van der Waals surface area contributed by atoms with Crippen molar-refractivity contribution in [3.63, 3.8) is 0 Å². The summed E-state index contributed by atoms with van der Waals surface area (Å²) in [4.78, 5) is 61.9. The van der Waals surface area contributed by atoms with E-state index in [2.05, 4.69) is 25.7 Å². The standard InChI is InChI=1S/C40H40F3N9O8S/c1-49-19-23(17-45-49)34-28(40(41,42)43)18-44-37(48-34)46-24-5-7-26(8-6-24)61(57,58)27-15-39(16-27)11-13-50(14-12-39)33(54)22-59-25-20-51(21-25)29-3-2-4-30-35(29)60-38(56)52(30)31-9-10-32(53)47-36(31)55/h2-8,17-19,25,27,31H,9-16,20-22H2,1H3,(H,44,46,48)(H,47,53,55). The molecule has 3 amide bonds. The Hall–Kier alpha value is -6.09. The Labute approximate surface area is 345 Å². The number of imide groups is 1. The molecule has 5 aromatic rings. The van der Waals surface area contributed by atoms with Crippen LogP contribution in [0.1, 0.15) is 50.1 Å². The minimum Gasteiger partial charge on any atom is -0.405 e. The molecule has 3 aromatic heterocycles. The number of aromatic nitrogens is 5. The van der Waals surface area contributed by atoms with Gasteiger partial charge in [-0.25, -0.2) is 23.2 Å². The van der Waals surface area contributed by atoms with Crippen molar-refractivity contribution in [1.29, 1.82) is 0 Å². The number of sulfone groups is 1. The number of nitrogens with one attached hydrogen (secondary N) is 2. The number of anilines is 3. The van der Waals surface area contributed by atoms with E-state index in [9.17, 15) is 40.8 Å². The fourth-order valence-electron chi connectivity index (χ4n) is 8.76. The molecular formula is C40H40F3N9O8S. The zero-order valence-corrected chi connectivity index (χ0v) is 33.5. The van der Waals surface area contributed by atoms with Crippen molar-refractivity contribution in [3.8, 4) is 11.3 Å². The first kappa shape index (κ1) is 40.3. The summed E-state index contributed by atoms with van der Waals surface area (Å²) >= 11 is 0. The molecule has 6 heterocycles.